The Morgan fingerprint density at radius 2 is 2.36 bits per heavy atom. The van der Waals surface area contributed by atoms with E-state index < -0.39 is 24.2 Å². The summed E-state index contributed by atoms with van der Waals surface area (Å²) in [6.45, 7) is 7.21. The Labute approximate surface area is 133 Å². The van der Waals surface area contributed by atoms with Crippen LogP contribution < -0.4 is 0 Å². The minimum Gasteiger partial charge on any atom is -0.459 e. The van der Waals surface area contributed by atoms with E-state index >= 15 is 0 Å². The second-order valence-electron chi connectivity index (χ2n) is 5.42. The fourth-order valence-corrected chi connectivity index (χ4v) is 3.49. The van der Waals surface area contributed by atoms with E-state index in [0.29, 0.717) is 0 Å². The molecule has 0 amide bonds. The zero-order valence-corrected chi connectivity index (χ0v) is 13.9. The van der Waals surface area contributed by atoms with Crippen molar-refractivity contribution in [1.29, 1.82) is 0 Å². The molecule has 22 heavy (non-hydrogen) atoms. The number of esters is 1. The van der Waals surface area contributed by atoms with Crippen LogP contribution in [0.4, 0.5) is 0 Å². The largest absolute Gasteiger partial charge is 0.459 e. The van der Waals surface area contributed by atoms with Crippen molar-refractivity contribution in [2.45, 2.75) is 58.5 Å². The van der Waals surface area contributed by atoms with Crippen LogP contribution in [0.5, 0.6) is 0 Å². The lowest BCUT2D eigenvalue weighted by atomic mass is 9.84. The summed E-state index contributed by atoms with van der Waals surface area (Å²) in [6, 6.07) is -0.473. The van der Waals surface area contributed by atoms with Gasteiger partial charge in [0.2, 0.25) is 0 Å². The van der Waals surface area contributed by atoms with Crippen molar-refractivity contribution in [3.05, 3.63) is 26.5 Å². The van der Waals surface area contributed by atoms with E-state index in [2.05, 4.69) is 15.0 Å². The van der Waals surface area contributed by atoms with E-state index in [1.54, 1.807) is 0 Å². The van der Waals surface area contributed by atoms with Crippen LogP contribution in [0.1, 0.15) is 44.0 Å². The molecule has 2 heterocycles. The summed E-state index contributed by atoms with van der Waals surface area (Å²) in [5, 5.41) is 6.68. The van der Waals surface area contributed by atoms with Gasteiger partial charge in [-0.3, -0.25) is 4.79 Å². The van der Waals surface area contributed by atoms with Crippen LogP contribution in [0.25, 0.3) is 10.4 Å². The first-order valence-corrected chi connectivity index (χ1v) is 8.14. The summed E-state index contributed by atoms with van der Waals surface area (Å²) in [6.07, 6.45) is -0.460. The second kappa shape index (κ2) is 7.09. The maximum Gasteiger partial charge on any atom is 0.303 e. The van der Waals surface area contributed by atoms with Gasteiger partial charge < -0.3 is 9.47 Å². The van der Waals surface area contributed by atoms with Crippen LogP contribution in [0, 0.1) is 12.8 Å². The highest BCUT2D eigenvalue weighted by Gasteiger charge is 2.46. The Kier molecular flexibility index (Phi) is 5.39. The van der Waals surface area contributed by atoms with E-state index in [1.807, 2.05) is 26.2 Å². The standard InChI is InChI=1S/C14H20N4O3S/c1-5-11-7(2)12(17-18-15)14(20-9(4)19)13(21-11)10-6-22-8(3)16-10/h6-7,11-14H,5H2,1-4H3/t7-,11+,12-,13-,14+/m0/s1. The van der Waals surface area contributed by atoms with Gasteiger partial charge in [-0.25, -0.2) is 4.98 Å². The quantitative estimate of drug-likeness (QED) is 0.366. The molecule has 0 aliphatic carbocycles. The molecule has 0 radical (unpaired) electrons. The van der Waals surface area contributed by atoms with Gasteiger partial charge in [-0.15, -0.1) is 11.3 Å². The Balaban J connectivity index is 2.41. The average molecular weight is 324 g/mol. The Morgan fingerprint density at radius 1 is 1.64 bits per heavy atom. The number of ether oxygens (including phenoxy) is 2. The molecule has 0 spiro atoms. The number of aryl methyl sites for hydroxylation is 1. The van der Waals surface area contributed by atoms with Crippen LogP contribution >= 0.6 is 11.3 Å². The summed E-state index contributed by atoms with van der Waals surface area (Å²) < 4.78 is 11.6. The molecule has 2 rings (SSSR count). The number of hydrogen-bond donors (Lipinski definition) is 0. The summed E-state index contributed by atoms with van der Waals surface area (Å²) in [7, 11) is 0. The van der Waals surface area contributed by atoms with Crippen molar-refractivity contribution in [2.24, 2.45) is 11.0 Å². The Bertz CT molecular complexity index is 584. The lowest BCUT2D eigenvalue weighted by Gasteiger charge is -2.43. The zero-order valence-electron chi connectivity index (χ0n) is 13.1. The molecule has 0 N–H and O–H groups in total. The SMILES string of the molecule is CC[C@H]1O[C@@H](c2csc(C)n2)[C@H](OC(C)=O)[C@@H](N=[N+]=[N-])[C@H]1C. The van der Waals surface area contributed by atoms with Crippen molar-refractivity contribution in [2.75, 3.05) is 0 Å². The predicted molar refractivity (Wildman–Crippen MR) is 82.4 cm³/mol. The molecule has 5 atom stereocenters. The first kappa shape index (κ1) is 16.7. The van der Waals surface area contributed by atoms with Gasteiger partial charge in [0.15, 0.2) is 0 Å². The molecule has 0 saturated carbocycles. The first-order chi connectivity index (χ1) is 10.5. The number of carbonyl (C=O) groups excluding carboxylic acids is 1. The highest BCUT2D eigenvalue weighted by atomic mass is 32.1. The average Bonchev–Trinajstić information content (AvgIpc) is 2.89. The predicted octanol–water partition coefficient (Wildman–Crippen LogP) is 3.55. The van der Waals surface area contributed by atoms with E-state index in [9.17, 15) is 4.79 Å². The lowest BCUT2D eigenvalue weighted by Crippen LogP contribution is -2.50. The zero-order chi connectivity index (χ0) is 16.3. The summed E-state index contributed by atoms with van der Waals surface area (Å²) >= 11 is 1.51. The number of azide groups is 1. The Hall–Kier alpha value is -1.63. The fourth-order valence-electron chi connectivity index (χ4n) is 2.86. The number of rotatable bonds is 4. The number of nitrogens with zero attached hydrogens (tertiary/aromatic N) is 4. The third kappa shape index (κ3) is 3.40. The van der Waals surface area contributed by atoms with Crippen molar-refractivity contribution < 1.29 is 14.3 Å². The highest BCUT2D eigenvalue weighted by molar-refractivity contribution is 7.09. The minimum atomic E-state index is -0.660. The molecule has 1 aliphatic heterocycles. The molecular formula is C14H20N4O3S. The maximum atomic E-state index is 11.5. The summed E-state index contributed by atoms with van der Waals surface area (Å²) in [5.41, 5.74) is 9.59. The molecule has 0 unspecified atom stereocenters. The fraction of sp³-hybridized carbons (Fsp3) is 0.714. The molecule has 1 aromatic rings. The van der Waals surface area contributed by atoms with Crippen LogP contribution in [0.15, 0.2) is 10.5 Å². The topological polar surface area (TPSA) is 97.2 Å². The van der Waals surface area contributed by atoms with Crippen molar-refractivity contribution in [3.63, 3.8) is 0 Å². The molecule has 1 aliphatic rings. The molecule has 120 valence electrons. The summed E-state index contributed by atoms with van der Waals surface area (Å²) in [4.78, 5) is 18.8. The highest BCUT2D eigenvalue weighted by Crippen LogP contribution is 2.39. The first-order valence-electron chi connectivity index (χ1n) is 7.26. The Morgan fingerprint density at radius 3 is 2.86 bits per heavy atom. The van der Waals surface area contributed by atoms with Gasteiger partial charge in [-0.1, -0.05) is 19.0 Å². The van der Waals surface area contributed by atoms with Crippen molar-refractivity contribution in [1.82, 2.24) is 4.98 Å². The third-order valence-corrected chi connectivity index (χ3v) is 4.69. The van der Waals surface area contributed by atoms with Gasteiger partial charge in [-0.2, -0.15) is 0 Å². The summed E-state index contributed by atoms with van der Waals surface area (Å²) in [5.74, 6) is -0.466. The van der Waals surface area contributed by atoms with Crippen LogP contribution in [-0.4, -0.2) is 29.2 Å². The lowest BCUT2D eigenvalue weighted by molar-refractivity contribution is -0.186. The van der Waals surface area contributed by atoms with Crippen molar-refractivity contribution in [3.8, 4) is 0 Å². The molecule has 0 aromatic carbocycles. The van der Waals surface area contributed by atoms with Gasteiger partial charge in [-0.05, 0) is 24.8 Å². The van der Waals surface area contributed by atoms with Gasteiger partial charge in [0, 0.05) is 17.2 Å². The number of carbonyl (C=O) groups is 1. The molecule has 1 aromatic heterocycles. The van der Waals surface area contributed by atoms with Gasteiger partial charge >= 0.3 is 5.97 Å². The molecular weight excluding hydrogens is 304 g/mol. The van der Waals surface area contributed by atoms with Gasteiger partial charge in [0.1, 0.15) is 12.2 Å². The van der Waals surface area contributed by atoms with Crippen LogP contribution in [-0.2, 0) is 14.3 Å². The van der Waals surface area contributed by atoms with Crippen LogP contribution in [0.3, 0.4) is 0 Å². The van der Waals surface area contributed by atoms with Gasteiger partial charge in [0.05, 0.1) is 22.8 Å². The van der Waals surface area contributed by atoms with Crippen molar-refractivity contribution >= 4 is 17.3 Å². The minimum absolute atomic E-state index is 0.0405. The molecule has 8 heteroatoms. The monoisotopic (exact) mass is 324 g/mol. The number of aromatic nitrogens is 1. The third-order valence-electron chi connectivity index (χ3n) is 3.90. The smallest absolute Gasteiger partial charge is 0.303 e. The van der Waals surface area contributed by atoms with Gasteiger partial charge in [0.25, 0.3) is 0 Å². The van der Waals surface area contributed by atoms with E-state index in [-0.39, 0.29) is 12.0 Å². The van der Waals surface area contributed by atoms with E-state index in [1.165, 1.54) is 18.3 Å². The normalized spacial score (nSPS) is 31.4. The molecule has 1 saturated heterocycles. The maximum absolute atomic E-state index is 11.5. The van der Waals surface area contributed by atoms with Crippen LogP contribution in [0.2, 0.25) is 0 Å². The second-order valence-corrected chi connectivity index (χ2v) is 6.49. The molecule has 0 bridgehead atoms. The molecule has 7 nitrogen and oxygen atoms in total. The number of thiazole rings is 1. The number of hydrogen-bond acceptors (Lipinski definition) is 6. The van der Waals surface area contributed by atoms with E-state index in [4.69, 9.17) is 15.0 Å². The van der Waals surface area contributed by atoms with E-state index in [0.717, 1.165) is 17.1 Å². The molecule has 1 fully saturated rings.